The standard InChI is InChI=1S/C23H31NO3S/c1-17(2)15-19-9-11-20(12-10-19)28-22-8-6-5-7-21(22)27-14-13-24(18(3)4)16-23(25)26/h5-12,17-18H,13-16H2,1-4H3,(H,25,26). The second-order valence-electron chi connectivity index (χ2n) is 7.60. The van der Waals surface area contributed by atoms with Gasteiger partial charge < -0.3 is 9.84 Å². The van der Waals surface area contributed by atoms with Gasteiger partial charge in [-0.3, -0.25) is 9.69 Å². The van der Waals surface area contributed by atoms with Gasteiger partial charge in [-0.25, -0.2) is 0 Å². The lowest BCUT2D eigenvalue weighted by Gasteiger charge is -2.24. The van der Waals surface area contributed by atoms with E-state index in [1.165, 1.54) is 10.5 Å². The van der Waals surface area contributed by atoms with Crippen molar-refractivity contribution in [2.24, 2.45) is 5.92 Å². The summed E-state index contributed by atoms with van der Waals surface area (Å²) in [4.78, 5) is 15.1. The summed E-state index contributed by atoms with van der Waals surface area (Å²) in [7, 11) is 0. The molecule has 0 aliphatic heterocycles. The third-order valence-corrected chi connectivity index (χ3v) is 5.41. The monoisotopic (exact) mass is 401 g/mol. The molecule has 0 saturated carbocycles. The van der Waals surface area contributed by atoms with Crippen LogP contribution in [0, 0.1) is 5.92 Å². The summed E-state index contributed by atoms with van der Waals surface area (Å²) in [5.41, 5.74) is 1.36. The van der Waals surface area contributed by atoms with Crippen LogP contribution in [-0.2, 0) is 11.2 Å². The smallest absolute Gasteiger partial charge is 0.317 e. The number of hydrogen-bond donors (Lipinski definition) is 1. The number of ether oxygens (including phenoxy) is 1. The fourth-order valence-corrected chi connectivity index (χ4v) is 3.81. The zero-order valence-electron chi connectivity index (χ0n) is 17.2. The van der Waals surface area contributed by atoms with Crippen molar-refractivity contribution in [3.8, 4) is 5.75 Å². The van der Waals surface area contributed by atoms with Crippen molar-refractivity contribution in [2.45, 2.75) is 49.9 Å². The summed E-state index contributed by atoms with van der Waals surface area (Å²) in [6, 6.07) is 16.9. The molecule has 0 fully saturated rings. The maximum absolute atomic E-state index is 11.0. The lowest BCUT2D eigenvalue weighted by Crippen LogP contribution is -2.38. The summed E-state index contributed by atoms with van der Waals surface area (Å²) in [5.74, 6) is 0.669. The Bertz CT molecular complexity index is 744. The molecule has 28 heavy (non-hydrogen) atoms. The van der Waals surface area contributed by atoms with Crippen molar-refractivity contribution in [1.29, 1.82) is 0 Å². The number of aliphatic carboxylic acids is 1. The molecule has 0 atom stereocenters. The van der Waals surface area contributed by atoms with Crippen LogP contribution in [-0.4, -0.2) is 41.7 Å². The average molecular weight is 402 g/mol. The van der Waals surface area contributed by atoms with Gasteiger partial charge in [-0.15, -0.1) is 0 Å². The van der Waals surface area contributed by atoms with Crippen molar-refractivity contribution in [1.82, 2.24) is 4.90 Å². The van der Waals surface area contributed by atoms with E-state index >= 15 is 0 Å². The normalized spacial score (nSPS) is 11.4. The first-order valence-corrected chi connectivity index (χ1v) is 10.6. The van der Waals surface area contributed by atoms with Crippen molar-refractivity contribution >= 4 is 17.7 Å². The molecule has 0 amide bonds. The number of hydrogen-bond acceptors (Lipinski definition) is 4. The van der Waals surface area contributed by atoms with Crippen molar-refractivity contribution in [3.63, 3.8) is 0 Å². The summed E-state index contributed by atoms with van der Waals surface area (Å²) < 4.78 is 5.99. The molecule has 0 aliphatic rings. The Morgan fingerprint density at radius 3 is 2.36 bits per heavy atom. The van der Waals surface area contributed by atoms with Gasteiger partial charge in [-0.1, -0.05) is 49.9 Å². The first kappa shape index (κ1) is 22.3. The van der Waals surface area contributed by atoms with E-state index in [2.05, 4.69) is 44.2 Å². The first-order valence-electron chi connectivity index (χ1n) is 9.79. The fourth-order valence-electron chi connectivity index (χ4n) is 2.91. The molecule has 0 unspecified atom stereocenters. The Balaban J connectivity index is 1.97. The van der Waals surface area contributed by atoms with E-state index < -0.39 is 5.97 Å². The Labute approximate surface area is 172 Å². The van der Waals surface area contributed by atoms with Crippen LogP contribution in [0.4, 0.5) is 0 Å². The molecule has 2 rings (SSSR count). The zero-order valence-corrected chi connectivity index (χ0v) is 18.0. The van der Waals surface area contributed by atoms with E-state index in [0.29, 0.717) is 19.1 Å². The molecular formula is C23H31NO3S. The SMILES string of the molecule is CC(C)Cc1ccc(Sc2ccccc2OCCN(CC(=O)O)C(C)C)cc1. The molecule has 1 N–H and O–H groups in total. The predicted molar refractivity (Wildman–Crippen MR) is 115 cm³/mol. The van der Waals surface area contributed by atoms with Crippen molar-refractivity contribution in [3.05, 3.63) is 54.1 Å². The molecule has 0 saturated heterocycles. The Kier molecular flexibility index (Phi) is 8.87. The summed E-state index contributed by atoms with van der Waals surface area (Å²) in [5, 5.41) is 9.04. The predicted octanol–water partition coefficient (Wildman–Crippen LogP) is 5.21. The van der Waals surface area contributed by atoms with Gasteiger partial charge in [0.1, 0.15) is 12.4 Å². The van der Waals surface area contributed by atoms with E-state index in [1.54, 1.807) is 11.8 Å². The van der Waals surface area contributed by atoms with Crippen LogP contribution in [0.15, 0.2) is 58.3 Å². The number of carbonyl (C=O) groups is 1. The van der Waals surface area contributed by atoms with Crippen LogP contribution >= 0.6 is 11.8 Å². The number of carboxylic acid groups (broad SMARTS) is 1. The van der Waals surface area contributed by atoms with E-state index in [-0.39, 0.29) is 12.6 Å². The highest BCUT2D eigenvalue weighted by Crippen LogP contribution is 2.35. The lowest BCUT2D eigenvalue weighted by molar-refractivity contribution is -0.138. The molecule has 0 aromatic heterocycles. The second kappa shape index (κ2) is 11.1. The van der Waals surface area contributed by atoms with Crippen LogP contribution in [0.1, 0.15) is 33.3 Å². The van der Waals surface area contributed by atoms with Crippen LogP contribution in [0.5, 0.6) is 5.75 Å². The second-order valence-corrected chi connectivity index (χ2v) is 8.71. The Hall–Kier alpha value is -1.98. The van der Waals surface area contributed by atoms with E-state index in [1.807, 2.05) is 36.9 Å². The number of para-hydroxylation sites is 1. The van der Waals surface area contributed by atoms with Crippen LogP contribution in [0.3, 0.4) is 0 Å². The summed E-state index contributed by atoms with van der Waals surface area (Å²) in [6.07, 6.45) is 1.09. The van der Waals surface area contributed by atoms with Gasteiger partial charge in [0.2, 0.25) is 0 Å². The molecule has 2 aromatic rings. The molecule has 0 radical (unpaired) electrons. The minimum absolute atomic E-state index is 0.0279. The van der Waals surface area contributed by atoms with Gasteiger partial charge in [0.25, 0.3) is 0 Å². The summed E-state index contributed by atoms with van der Waals surface area (Å²) in [6.45, 7) is 9.51. The third kappa shape index (κ3) is 7.56. The van der Waals surface area contributed by atoms with E-state index in [9.17, 15) is 4.79 Å². The highest BCUT2D eigenvalue weighted by molar-refractivity contribution is 7.99. The molecule has 0 bridgehead atoms. The van der Waals surface area contributed by atoms with Crippen LogP contribution < -0.4 is 4.74 Å². The van der Waals surface area contributed by atoms with Gasteiger partial charge in [-0.05, 0) is 56.0 Å². The molecule has 152 valence electrons. The number of carboxylic acids is 1. The van der Waals surface area contributed by atoms with E-state index in [4.69, 9.17) is 9.84 Å². The van der Waals surface area contributed by atoms with Crippen LogP contribution in [0.25, 0.3) is 0 Å². The quantitative estimate of drug-likeness (QED) is 0.560. The van der Waals surface area contributed by atoms with Gasteiger partial charge in [0, 0.05) is 17.5 Å². The molecule has 0 spiro atoms. The average Bonchev–Trinajstić information content (AvgIpc) is 2.63. The van der Waals surface area contributed by atoms with Gasteiger partial charge in [0.05, 0.1) is 11.4 Å². The topological polar surface area (TPSA) is 49.8 Å². The largest absolute Gasteiger partial charge is 0.491 e. The molecule has 0 aliphatic carbocycles. The highest BCUT2D eigenvalue weighted by Gasteiger charge is 2.14. The number of nitrogens with zero attached hydrogens (tertiary/aromatic N) is 1. The molecule has 2 aromatic carbocycles. The summed E-state index contributed by atoms with van der Waals surface area (Å²) >= 11 is 1.68. The third-order valence-electron chi connectivity index (χ3n) is 4.35. The molecular weight excluding hydrogens is 370 g/mol. The minimum Gasteiger partial charge on any atom is -0.491 e. The van der Waals surface area contributed by atoms with Gasteiger partial charge >= 0.3 is 5.97 Å². The Morgan fingerprint density at radius 1 is 1.07 bits per heavy atom. The molecule has 4 nitrogen and oxygen atoms in total. The number of rotatable bonds is 11. The van der Waals surface area contributed by atoms with Gasteiger partial charge in [-0.2, -0.15) is 0 Å². The van der Waals surface area contributed by atoms with Crippen molar-refractivity contribution in [2.75, 3.05) is 19.7 Å². The van der Waals surface area contributed by atoms with E-state index in [0.717, 1.165) is 17.1 Å². The van der Waals surface area contributed by atoms with Gasteiger partial charge in [0.15, 0.2) is 0 Å². The van der Waals surface area contributed by atoms with Crippen LogP contribution in [0.2, 0.25) is 0 Å². The zero-order chi connectivity index (χ0) is 20.5. The fraction of sp³-hybridized carbons (Fsp3) is 0.435. The Morgan fingerprint density at radius 2 is 1.75 bits per heavy atom. The molecule has 0 heterocycles. The molecule has 5 heteroatoms. The minimum atomic E-state index is -0.814. The first-order chi connectivity index (χ1) is 13.3. The maximum atomic E-state index is 11.0. The maximum Gasteiger partial charge on any atom is 0.317 e. The lowest BCUT2D eigenvalue weighted by atomic mass is 10.0. The van der Waals surface area contributed by atoms with Crippen molar-refractivity contribution < 1.29 is 14.6 Å². The number of benzene rings is 2. The highest BCUT2D eigenvalue weighted by atomic mass is 32.2.